The smallest absolute Gasteiger partial charge is 0.253 e. The molecule has 2 aliphatic rings. The number of amides is 1. The summed E-state index contributed by atoms with van der Waals surface area (Å²) in [6.45, 7) is 3.03. The third-order valence-corrected chi connectivity index (χ3v) is 9.23. The van der Waals surface area contributed by atoms with Crippen molar-refractivity contribution in [3.63, 3.8) is 0 Å². The molecule has 8 heteroatoms. The molecule has 1 aromatic heterocycles. The van der Waals surface area contributed by atoms with E-state index in [0.717, 1.165) is 24.0 Å². The maximum Gasteiger partial charge on any atom is 0.253 e. The molecule has 1 aromatic carbocycles. The number of likely N-dealkylation sites (tertiary alicyclic amines) is 1. The minimum atomic E-state index is -3.77. The second-order valence-corrected chi connectivity index (χ2v) is 11.0. The van der Waals surface area contributed by atoms with Gasteiger partial charge in [-0.05, 0) is 48.8 Å². The third kappa shape index (κ3) is 3.99. The highest BCUT2D eigenvalue weighted by Gasteiger charge is 2.42. The van der Waals surface area contributed by atoms with Gasteiger partial charge in [-0.2, -0.15) is 4.31 Å². The van der Waals surface area contributed by atoms with Gasteiger partial charge in [0.2, 0.25) is 5.91 Å². The molecule has 0 radical (unpaired) electrons. The largest absolute Gasteiger partial charge is 0.393 e. The second kappa shape index (κ2) is 8.18. The summed E-state index contributed by atoms with van der Waals surface area (Å²) in [6.07, 6.45) is 1.59. The molecule has 0 bridgehead atoms. The van der Waals surface area contributed by atoms with Gasteiger partial charge in [0.05, 0.1) is 6.10 Å². The Morgan fingerprint density at radius 1 is 1.21 bits per heavy atom. The Morgan fingerprint density at radius 3 is 2.66 bits per heavy atom. The Labute approximate surface area is 175 Å². The molecule has 1 N–H and O–H groups in total. The van der Waals surface area contributed by atoms with Crippen LogP contribution in [0.2, 0.25) is 0 Å². The Hall–Kier alpha value is -1.74. The minimum Gasteiger partial charge on any atom is -0.393 e. The molecule has 4 rings (SSSR count). The van der Waals surface area contributed by atoms with E-state index in [0.29, 0.717) is 19.5 Å². The van der Waals surface area contributed by atoms with E-state index in [2.05, 4.69) is 0 Å². The lowest BCUT2D eigenvalue weighted by Gasteiger charge is -2.40. The predicted molar refractivity (Wildman–Crippen MR) is 112 cm³/mol. The predicted octanol–water partition coefficient (Wildman–Crippen LogP) is 2.48. The highest BCUT2D eigenvalue weighted by atomic mass is 32.2. The van der Waals surface area contributed by atoms with E-state index in [1.807, 2.05) is 24.3 Å². The zero-order chi connectivity index (χ0) is 20.6. The van der Waals surface area contributed by atoms with Crippen LogP contribution in [0.4, 0.5) is 0 Å². The molecular formula is C21H26N2O4S2. The lowest BCUT2D eigenvalue weighted by atomic mass is 9.91. The Balaban J connectivity index is 1.68. The number of carbonyl (C=O) groups is 1. The van der Waals surface area contributed by atoms with Crippen molar-refractivity contribution in [3.8, 4) is 0 Å². The Bertz CT molecular complexity index is 972. The monoisotopic (exact) mass is 434 g/mol. The van der Waals surface area contributed by atoms with Crippen LogP contribution in [0.3, 0.4) is 0 Å². The molecule has 1 fully saturated rings. The van der Waals surface area contributed by atoms with E-state index < -0.39 is 22.2 Å². The van der Waals surface area contributed by atoms with Crippen LogP contribution in [-0.4, -0.2) is 53.9 Å². The first-order valence-corrected chi connectivity index (χ1v) is 12.3. The van der Waals surface area contributed by atoms with Crippen molar-refractivity contribution < 1.29 is 18.3 Å². The fourth-order valence-electron chi connectivity index (χ4n) is 4.30. The molecule has 0 aliphatic carbocycles. The molecular weight excluding hydrogens is 408 g/mol. The number of benzene rings is 1. The van der Waals surface area contributed by atoms with E-state index in [1.54, 1.807) is 29.3 Å². The van der Waals surface area contributed by atoms with Gasteiger partial charge in [-0.25, -0.2) is 8.42 Å². The molecule has 0 spiro atoms. The summed E-state index contributed by atoms with van der Waals surface area (Å²) < 4.78 is 28.3. The fraction of sp³-hybridized carbons (Fsp3) is 0.476. The number of hydrogen-bond donors (Lipinski definition) is 1. The maximum atomic E-state index is 13.5. The van der Waals surface area contributed by atoms with Crippen molar-refractivity contribution in [1.29, 1.82) is 0 Å². The molecule has 3 heterocycles. The number of thiophene rings is 1. The molecule has 0 saturated carbocycles. The molecule has 0 unspecified atom stereocenters. The van der Waals surface area contributed by atoms with Crippen LogP contribution in [0, 0.1) is 5.92 Å². The van der Waals surface area contributed by atoms with Gasteiger partial charge in [0.25, 0.3) is 10.0 Å². The third-order valence-electron chi connectivity index (χ3n) is 6.00. The van der Waals surface area contributed by atoms with Gasteiger partial charge in [0.15, 0.2) is 0 Å². The summed E-state index contributed by atoms with van der Waals surface area (Å²) in [5.41, 5.74) is 1.96. The normalized spacial score (nSPS) is 24.1. The first kappa shape index (κ1) is 20.5. The highest BCUT2D eigenvalue weighted by Crippen LogP contribution is 2.32. The topological polar surface area (TPSA) is 77.9 Å². The first-order chi connectivity index (χ1) is 13.9. The van der Waals surface area contributed by atoms with Crippen molar-refractivity contribution in [2.24, 2.45) is 5.92 Å². The zero-order valence-corrected chi connectivity index (χ0v) is 18.0. The number of aliphatic hydroxyl groups excluding tert-OH is 1. The minimum absolute atomic E-state index is 0.0333. The highest BCUT2D eigenvalue weighted by molar-refractivity contribution is 7.91. The van der Waals surface area contributed by atoms with E-state index in [4.69, 9.17) is 0 Å². The van der Waals surface area contributed by atoms with Crippen LogP contribution < -0.4 is 0 Å². The van der Waals surface area contributed by atoms with Gasteiger partial charge in [-0.3, -0.25) is 4.79 Å². The van der Waals surface area contributed by atoms with Gasteiger partial charge in [-0.15, -0.1) is 11.3 Å². The van der Waals surface area contributed by atoms with E-state index in [9.17, 15) is 18.3 Å². The number of aliphatic hydroxyl groups is 1. The molecule has 29 heavy (non-hydrogen) atoms. The standard InChI is InChI=1S/C21H26N2O4S2/c1-15(24)17-8-4-10-22(13-17)21(25)19-12-16-6-2-3-7-18(16)14-23(19)29(26,27)20-9-5-11-28-20/h2-3,5-7,9,11,15,17,19,24H,4,8,10,12-14H2,1H3/t15-,17-,19-/m0/s1. The second-order valence-electron chi connectivity index (χ2n) is 7.90. The van der Waals surface area contributed by atoms with Crippen LogP contribution in [0.1, 0.15) is 30.9 Å². The number of nitrogens with zero attached hydrogens (tertiary/aromatic N) is 2. The van der Waals surface area contributed by atoms with Gasteiger partial charge in [0.1, 0.15) is 10.3 Å². The molecule has 2 aromatic rings. The van der Waals surface area contributed by atoms with E-state index in [1.165, 1.54) is 15.6 Å². The SMILES string of the molecule is C[C@H](O)[C@H]1CCCN(C(=O)[C@@H]2Cc3ccccc3CN2S(=O)(=O)c2cccs2)C1. The summed E-state index contributed by atoms with van der Waals surface area (Å²) in [5.74, 6) is -0.129. The lowest BCUT2D eigenvalue weighted by Crippen LogP contribution is -2.55. The van der Waals surface area contributed by atoms with Crippen molar-refractivity contribution in [3.05, 3.63) is 52.9 Å². The number of rotatable bonds is 4. The van der Waals surface area contributed by atoms with Gasteiger partial charge >= 0.3 is 0 Å². The van der Waals surface area contributed by atoms with Crippen LogP contribution in [0.5, 0.6) is 0 Å². The van der Waals surface area contributed by atoms with Crippen LogP contribution >= 0.6 is 11.3 Å². The average Bonchev–Trinajstić information content (AvgIpc) is 3.28. The summed E-state index contributed by atoms with van der Waals surface area (Å²) in [5, 5.41) is 11.7. The number of fused-ring (bicyclic) bond motifs is 1. The van der Waals surface area contributed by atoms with E-state index >= 15 is 0 Å². The molecule has 156 valence electrons. The summed E-state index contributed by atoms with van der Waals surface area (Å²) >= 11 is 1.17. The van der Waals surface area contributed by atoms with Crippen molar-refractivity contribution in [2.75, 3.05) is 13.1 Å². The quantitative estimate of drug-likeness (QED) is 0.802. The van der Waals surface area contributed by atoms with Gasteiger partial charge in [-0.1, -0.05) is 30.3 Å². The average molecular weight is 435 g/mol. The van der Waals surface area contributed by atoms with Crippen molar-refractivity contribution >= 4 is 27.3 Å². The zero-order valence-electron chi connectivity index (χ0n) is 16.4. The van der Waals surface area contributed by atoms with Crippen molar-refractivity contribution in [2.45, 2.75) is 49.1 Å². The summed E-state index contributed by atoms with van der Waals surface area (Å²) in [7, 11) is -3.77. The van der Waals surface area contributed by atoms with Crippen LogP contribution in [-0.2, 0) is 27.8 Å². The molecule has 1 amide bonds. The Kier molecular flexibility index (Phi) is 5.79. The molecule has 2 aliphatic heterocycles. The number of carbonyl (C=O) groups excluding carboxylic acids is 1. The number of hydrogen-bond acceptors (Lipinski definition) is 5. The van der Waals surface area contributed by atoms with E-state index in [-0.39, 0.29) is 22.6 Å². The molecule has 1 saturated heterocycles. The van der Waals surface area contributed by atoms with Crippen LogP contribution in [0.15, 0.2) is 46.0 Å². The Morgan fingerprint density at radius 2 is 1.97 bits per heavy atom. The number of piperidine rings is 1. The van der Waals surface area contributed by atoms with Gasteiger partial charge < -0.3 is 10.0 Å². The molecule has 6 nitrogen and oxygen atoms in total. The van der Waals surface area contributed by atoms with Gasteiger partial charge in [0, 0.05) is 25.6 Å². The fourth-order valence-corrected chi connectivity index (χ4v) is 6.98. The number of sulfonamides is 1. The molecule has 3 atom stereocenters. The summed E-state index contributed by atoms with van der Waals surface area (Å²) in [6, 6.07) is 10.3. The first-order valence-electron chi connectivity index (χ1n) is 9.97. The lowest BCUT2D eigenvalue weighted by molar-refractivity contribution is -0.138. The maximum absolute atomic E-state index is 13.5. The van der Waals surface area contributed by atoms with Crippen LogP contribution in [0.25, 0.3) is 0 Å². The summed E-state index contributed by atoms with van der Waals surface area (Å²) in [4.78, 5) is 15.2. The van der Waals surface area contributed by atoms with Crippen molar-refractivity contribution in [1.82, 2.24) is 9.21 Å².